The van der Waals surface area contributed by atoms with Gasteiger partial charge < -0.3 is 25.6 Å². The summed E-state index contributed by atoms with van der Waals surface area (Å²) < 4.78 is 19.8. The van der Waals surface area contributed by atoms with Gasteiger partial charge in [0, 0.05) is 37.4 Å². The second-order valence-electron chi connectivity index (χ2n) is 9.72. The minimum Gasteiger partial charge on any atom is -0.444 e. The molecule has 2 aliphatic heterocycles. The first-order valence-corrected chi connectivity index (χ1v) is 11.6. The number of aromatic nitrogens is 2. The van der Waals surface area contributed by atoms with Crippen LogP contribution in [-0.2, 0) is 16.0 Å². The zero-order valence-electron chi connectivity index (χ0n) is 19.8. The Labute approximate surface area is 198 Å². The van der Waals surface area contributed by atoms with Gasteiger partial charge in [0.2, 0.25) is 11.9 Å². The van der Waals surface area contributed by atoms with E-state index >= 15 is 0 Å². The number of anilines is 4. The fourth-order valence-electron chi connectivity index (χ4n) is 4.12. The number of amides is 2. The SMILES string of the molecule is CC(C)(C)OC(=O)NCC1CCN(c2nc(Nc3ccc4c(c3)CCC(=O)N4)ncc2F)CC1. The molecule has 0 bridgehead atoms. The van der Waals surface area contributed by atoms with Crippen LogP contribution in [-0.4, -0.2) is 47.2 Å². The number of alkyl carbamates (subject to hydrolysis) is 1. The van der Waals surface area contributed by atoms with Crippen molar-refractivity contribution in [2.75, 3.05) is 35.2 Å². The second kappa shape index (κ2) is 9.82. The molecule has 3 N–H and O–H groups in total. The standard InChI is InChI=1S/C24H31FN6O3/c1-24(2,3)34-23(33)27-13-15-8-10-31(11-9-15)21-18(25)14-26-22(30-21)28-17-5-6-19-16(12-17)4-7-20(32)29-19/h5-6,12,14-15H,4,7-11,13H2,1-3H3,(H,27,33)(H,29,32)(H,26,28,30). The highest BCUT2D eigenvalue weighted by Gasteiger charge is 2.24. The molecule has 1 saturated heterocycles. The molecule has 2 amide bonds. The van der Waals surface area contributed by atoms with Gasteiger partial charge in [-0.2, -0.15) is 4.98 Å². The number of nitrogens with zero attached hydrogens (tertiary/aromatic N) is 3. The molecule has 182 valence electrons. The maximum absolute atomic E-state index is 14.6. The largest absolute Gasteiger partial charge is 0.444 e. The van der Waals surface area contributed by atoms with Crippen LogP contribution in [0.1, 0.15) is 45.6 Å². The van der Waals surface area contributed by atoms with Gasteiger partial charge in [-0.25, -0.2) is 14.2 Å². The maximum Gasteiger partial charge on any atom is 0.407 e. The Morgan fingerprint density at radius 3 is 2.76 bits per heavy atom. The summed E-state index contributed by atoms with van der Waals surface area (Å²) in [4.78, 5) is 33.9. The summed E-state index contributed by atoms with van der Waals surface area (Å²) in [6, 6.07) is 5.62. The fourth-order valence-corrected chi connectivity index (χ4v) is 4.12. The third kappa shape index (κ3) is 6.12. The summed E-state index contributed by atoms with van der Waals surface area (Å²) in [6.45, 7) is 7.28. The lowest BCUT2D eigenvalue weighted by atomic mass is 9.97. The number of rotatable bonds is 5. The summed E-state index contributed by atoms with van der Waals surface area (Å²) in [5.41, 5.74) is 2.10. The van der Waals surface area contributed by atoms with Crippen LogP contribution in [0.3, 0.4) is 0 Å². The average Bonchev–Trinajstić information content (AvgIpc) is 2.78. The zero-order chi connectivity index (χ0) is 24.3. The molecule has 2 aliphatic rings. The molecule has 10 heteroatoms. The number of ether oxygens (including phenoxy) is 1. The van der Waals surface area contributed by atoms with Crippen molar-refractivity contribution >= 4 is 35.1 Å². The monoisotopic (exact) mass is 470 g/mol. The van der Waals surface area contributed by atoms with E-state index in [4.69, 9.17) is 4.74 Å². The molecule has 0 aliphatic carbocycles. The maximum atomic E-state index is 14.6. The van der Waals surface area contributed by atoms with Crippen molar-refractivity contribution in [1.82, 2.24) is 15.3 Å². The molecule has 1 aromatic carbocycles. The Bertz CT molecular complexity index is 1060. The first kappa shape index (κ1) is 23.7. The highest BCUT2D eigenvalue weighted by Crippen LogP contribution is 2.28. The van der Waals surface area contributed by atoms with Gasteiger partial charge in [0.15, 0.2) is 11.6 Å². The van der Waals surface area contributed by atoms with E-state index in [2.05, 4.69) is 25.9 Å². The van der Waals surface area contributed by atoms with Gasteiger partial charge in [0.25, 0.3) is 0 Å². The molecule has 0 atom stereocenters. The predicted molar refractivity (Wildman–Crippen MR) is 128 cm³/mol. The number of hydrogen-bond acceptors (Lipinski definition) is 7. The van der Waals surface area contributed by atoms with E-state index in [-0.39, 0.29) is 11.7 Å². The molecular formula is C24H31FN6O3. The predicted octanol–water partition coefficient (Wildman–Crippen LogP) is 3.99. The van der Waals surface area contributed by atoms with Gasteiger partial charge in [-0.05, 0) is 69.7 Å². The molecule has 34 heavy (non-hydrogen) atoms. The molecule has 0 saturated carbocycles. The van der Waals surface area contributed by atoms with E-state index in [1.807, 2.05) is 43.9 Å². The summed E-state index contributed by atoms with van der Waals surface area (Å²) in [6.07, 6.45) is 3.49. The van der Waals surface area contributed by atoms with E-state index < -0.39 is 17.5 Å². The third-order valence-electron chi connectivity index (χ3n) is 5.83. The van der Waals surface area contributed by atoms with Crippen LogP contribution in [0.25, 0.3) is 0 Å². The summed E-state index contributed by atoms with van der Waals surface area (Å²) in [5.74, 6) is 0.418. The normalized spacial score (nSPS) is 16.5. The summed E-state index contributed by atoms with van der Waals surface area (Å²) in [7, 11) is 0. The molecule has 2 aromatic rings. The Balaban J connectivity index is 1.34. The van der Waals surface area contributed by atoms with E-state index in [0.717, 1.165) is 29.8 Å². The second-order valence-corrected chi connectivity index (χ2v) is 9.72. The number of carbonyl (C=O) groups excluding carboxylic acids is 2. The molecule has 4 rings (SSSR count). The molecule has 3 heterocycles. The zero-order valence-corrected chi connectivity index (χ0v) is 19.8. The van der Waals surface area contributed by atoms with Crippen molar-refractivity contribution in [2.24, 2.45) is 5.92 Å². The lowest BCUT2D eigenvalue weighted by Crippen LogP contribution is -2.40. The summed E-state index contributed by atoms with van der Waals surface area (Å²) in [5, 5.41) is 8.82. The van der Waals surface area contributed by atoms with Crippen molar-refractivity contribution in [1.29, 1.82) is 0 Å². The van der Waals surface area contributed by atoms with Crippen LogP contribution in [0.4, 0.5) is 32.3 Å². The molecule has 1 fully saturated rings. The number of piperidine rings is 1. The number of aryl methyl sites for hydroxylation is 1. The number of hydrogen-bond donors (Lipinski definition) is 3. The molecule has 0 radical (unpaired) electrons. The molecule has 1 aromatic heterocycles. The minimum atomic E-state index is -0.529. The van der Waals surface area contributed by atoms with E-state index in [1.165, 1.54) is 6.20 Å². The number of nitrogens with one attached hydrogen (secondary N) is 3. The fraction of sp³-hybridized carbons (Fsp3) is 0.500. The van der Waals surface area contributed by atoms with Crippen molar-refractivity contribution < 1.29 is 18.7 Å². The molecular weight excluding hydrogens is 439 g/mol. The van der Waals surface area contributed by atoms with Gasteiger partial charge in [-0.3, -0.25) is 4.79 Å². The summed E-state index contributed by atoms with van der Waals surface area (Å²) >= 11 is 0. The van der Waals surface area contributed by atoms with Gasteiger partial charge in [0.05, 0.1) is 6.20 Å². The number of fused-ring (bicyclic) bond motifs is 1. The number of benzene rings is 1. The van der Waals surface area contributed by atoms with E-state index in [9.17, 15) is 14.0 Å². The van der Waals surface area contributed by atoms with Crippen LogP contribution >= 0.6 is 0 Å². The lowest BCUT2D eigenvalue weighted by Gasteiger charge is -2.33. The third-order valence-corrected chi connectivity index (χ3v) is 5.83. The molecule has 0 spiro atoms. The van der Waals surface area contributed by atoms with E-state index in [0.29, 0.717) is 44.3 Å². The molecule has 0 unspecified atom stereocenters. The van der Waals surface area contributed by atoms with Crippen molar-refractivity contribution in [3.05, 3.63) is 35.8 Å². The van der Waals surface area contributed by atoms with Crippen molar-refractivity contribution in [3.63, 3.8) is 0 Å². The topological polar surface area (TPSA) is 108 Å². The highest BCUT2D eigenvalue weighted by molar-refractivity contribution is 5.94. The lowest BCUT2D eigenvalue weighted by molar-refractivity contribution is -0.116. The van der Waals surface area contributed by atoms with Gasteiger partial charge in [-0.1, -0.05) is 0 Å². The smallest absolute Gasteiger partial charge is 0.407 e. The Kier molecular flexibility index (Phi) is 6.85. The first-order chi connectivity index (χ1) is 16.2. The Morgan fingerprint density at radius 2 is 2.03 bits per heavy atom. The van der Waals surface area contributed by atoms with Gasteiger partial charge >= 0.3 is 6.09 Å². The molecule has 9 nitrogen and oxygen atoms in total. The van der Waals surface area contributed by atoms with Crippen molar-refractivity contribution in [3.8, 4) is 0 Å². The van der Waals surface area contributed by atoms with Crippen LogP contribution in [0, 0.1) is 11.7 Å². The minimum absolute atomic E-state index is 0.0177. The van der Waals surface area contributed by atoms with Crippen LogP contribution in [0.2, 0.25) is 0 Å². The Hall–Kier alpha value is -3.43. The number of carbonyl (C=O) groups is 2. The highest BCUT2D eigenvalue weighted by atomic mass is 19.1. The van der Waals surface area contributed by atoms with Gasteiger partial charge in [0.1, 0.15) is 5.60 Å². The average molecular weight is 471 g/mol. The van der Waals surface area contributed by atoms with Gasteiger partial charge in [-0.15, -0.1) is 0 Å². The van der Waals surface area contributed by atoms with Crippen molar-refractivity contribution in [2.45, 2.75) is 52.1 Å². The first-order valence-electron chi connectivity index (χ1n) is 11.6. The van der Waals surface area contributed by atoms with E-state index in [1.54, 1.807) is 0 Å². The van der Waals surface area contributed by atoms with Crippen LogP contribution in [0.5, 0.6) is 0 Å². The number of halogens is 1. The van der Waals surface area contributed by atoms with Crippen LogP contribution < -0.4 is 20.9 Å². The quantitative estimate of drug-likeness (QED) is 0.606. The van der Waals surface area contributed by atoms with Crippen LogP contribution in [0.15, 0.2) is 24.4 Å². The Morgan fingerprint density at radius 1 is 1.26 bits per heavy atom.